The minimum Gasteiger partial charge on any atom is -0.298 e. The minimum absolute atomic E-state index is 0.464. The monoisotopic (exact) mass is 233 g/mol. The Kier molecular flexibility index (Phi) is 2.35. The highest BCUT2D eigenvalue weighted by Crippen LogP contribution is 2.22. The Hall–Kier alpha value is -2.60. The molecule has 0 unspecified atom stereocenters. The summed E-state index contributed by atoms with van der Waals surface area (Å²) >= 11 is 0. The fourth-order valence-electron chi connectivity index (χ4n) is 2.03. The molecule has 0 saturated carbocycles. The summed E-state index contributed by atoms with van der Waals surface area (Å²) in [4.78, 5) is 4.41. The molecular weight excluding hydrogens is 222 g/mol. The highest BCUT2D eigenvalue weighted by Gasteiger charge is 2.11. The van der Waals surface area contributed by atoms with Crippen LogP contribution >= 0.6 is 0 Å². The molecule has 0 fully saturated rings. The molecule has 86 valence electrons. The number of nitriles is 1. The number of nitrogens with zero attached hydrogens (tertiary/aromatic N) is 3. The number of imidazole rings is 1. The number of hydrogen-bond donors (Lipinski definition) is 0. The molecule has 0 atom stereocenters. The Morgan fingerprint density at radius 3 is 2.61 bits per heavy atom. The van der Waals surface area contributed by atoms with Crippen LogP contribution < -0.4 is 0 Å². The van der Waals surface area contributed by atoms with Gasteiger partial charge in [0.15, 0.2) is 5.69 Å². The third-order valence-corrected chi connectivity index (χ3v) is 2.96. The van der Waals surface area contributed by atoms with Crippen molar-refractivity contribution in [2.75, 3.05) is 0 Å². The van der Waals surface area contributed by atoms with Crippen LogP contribution in [0.25, 0.3) is 16.9 Å². The number of aromatic nitrogens is 2. The molecule has 0 aliphatic rings. The quantitative estimate of drug-likeness (QED) is 0.647. The maximum absolute atomic E-state index is 9.11. The van der Waals surface area contributed by atoms with Gasteiger partial charge in [-0.2, -0.15) is 5.26 Å². The normalized spacial score (nSPS) is 10.4. The molecule has 0 N–H and O–H groups in total. The van der Waals surface area contributed by atoms with E-state index in [1.54, 1.807) is 0 Å². The van der Waals surface area contributed by atoms with Gasteiger partial charge in [-0.15, -0.1) is 0 Å². The van der Waals surface area contributed by atoms with E-state index in [-0.39, 0.29) is 0 Å². The Bertz CT molecular complexity index is 745. The molecule has 0 aliphatic heterocycles. The second-order valence-corrected chi connectivity index (χ2v) is 4.22. The van der Waals surface area contributed by atoms with Crippen LogP contribution in [-0.2, 0) is 0 Å². The third kappa shape index (κ3) is 1.56. The van der Waals surface area contributed by atoms with Gasteiger partial charge in [-0.05, 0) is 19.1 Å². The number of benzene rings is 1. The Balaban J connectivity index is 2.30. The van der Waals surface area contributed by atoms with Gasteiger partial charge in [-0.1, -0.05) is 35.9 Å². The summed E-state index contributed by atoms with van der Waals surface area (Å²) in [6.07, 6.45) is 1.93. The van der Waals surface area contributed by atoms with E-state index in [0.29, 0.717) is 5.69 Å². The van der Waals surface area contributed by atoms with Crippen LogP contribution in [0.3, 0.4) is 0 Å². The second-order valence-electron chi connectivity index (χ2n) is 4.22. The number of pyridine rings is 1. The van der Waals surface area contributed by atoms with Crippen LogP contribution in [0.2, 0.25) is 0 Å². The van der Waals surface area contributed by atoms with E-state index in [0.717, 1.165) is 16.9 Å². The van der Waals surface area contributed by atoms with E-state index in [9.17, 15) is 0 Å². The minimum atomic E-state index is 0.464. The Morgan fingerprint density at radius 1 is 1.11 bits per heavy atom. The van der Waals surface area contributed by atoms with Gasteiger partial charge in [0.05, 0.1) is 5.52 Å². The van der Waals surface area contributed by atoms with Crippen molar-refractivity contribution >= 4 is 5.52 Å². The first-order valence-corrected chi connectivity index (χ1v) is 5.74. The fraction of sp³-hybridized carbons (Fsp3) is 0.0667. The summed E-state index contributed by atoms with van der Waals surface area (Å²) < 4.78 is 1.95. The SMILES string of the molecule is Cc1ccc(-c2nc(C#N)c3ccccn23)cc1. The lowest BCUT2D eigenvalue weighted by atomic mass is 10.1. The molecule has 3 heteroatoms. The summed E-state index contributed by atoms with van der Waals surface area (Å²) in [6.45, 7) is 2.05. The first-order valence-electron chi connectivity index (χ1n) is 5.74. The van der Waals surface area contributed by atoms with Gasteiger partial charge in [0.1, 0.15) is 11.9 Å². The number of rotatable bonds is 1. The average Bonchev–Trinajstić information content (AvgIpc) is 2.79. The summed E-state index contributed by atoms with van der Waals surface area (Å²) in [5.41, 5.74) is 3.53. The zero-order valence-electron chi connectivity index (χ0n) is 9.96. The molecule has 0 radical (unpaired) electrons. The maximum Gasteiger partial charge on any atom is 0.166 e. The number of aryl methyl sites for hydroxylation is 1. The summed E-state index contributed by atoms with van der Waals surface area (Å²) in [5.74, 6) is 0.808. The van der Waals surface area contributed by atoms with Crippen LogP contribution in [0.1, 0.15) is 11.3 Å². The fourth-order valence-corrected chi connectivity index (χ4v) is 2.03. The molecule has 0 amide bonds. The molecule has 0 spiro atoms. The lowest BCUT2D eigenvalue weighted by molar-refractivity contribution is 1.16. The lowest BCUT2D eigenvalue weighted by Gasteiger charge is -2.01. The van der Waals surface area contributed by atoms with Crippen molar-refractivity contribution < 1.29 is 0 Å². The van der Waals surface area contributed by atoms with Crippen LogP contribution in [-0.4, -0.2) is 9.38 Å². The molecular formula is C15H11N3. The zero-order chi connectivity index (χ0) is 12.5. The van der Waals surface area contributed by atoms with Crippen molar-refractivity contribution in [2.24, 2.45) is 0 Å². The molecule has 0 saturated heterocycles. The topological polar surface area (TPSA) is 41.1 Å². The first kappa shape index (κ1) is 10.5. The molecule has 2 heterocycles. The van der Waals surface area contributed by atoms with E-state index >= 15 is 0 Å². The van der Waals surface area contributed by atoms with Crippen molar-refractivity contribution in [3.63, 3.8) is 0 Å². The molecule has 18 heavy (non-hydrogen) atoms. The van der Waals surface area contributed by atoms with Crippen LogP contribution in [0, 0.1) is 18.3 Å². The molecule has 0 bridgehead atoms. The Morgan fingerprint density at radius 2 is 1.89 bits per heavy atom. The largest absolute Gasteiger partial charge is 0.298 e. The average molecular weight is 233 g/mol. The van der Waals surface area contributed by atoms with E-state index in [1.165, 1.54) is 5.56 Å². The number of hydrogen-bond acceptors (Lipinski definition) is 2. The lowest BCUT2D eigenvalue weighted by Crippen LogP contribution is -1.88. The highest BCUT2D eigenvalue weighted by atomic mass is 15.0. The number of fused-ring (bicyclic) bond motifs is 1. The highest BCUT2D eigenvalue weighted by molar-refractivity contribution is 5.68. The Labute approximate surface area is 105 Å². The van der Waals surface area contributed by atoms with Crippen LogP contribution in [0.15, 0.2) is 48.7 Å². The van der Waals surface area contributed by atoms with Crippen molar-refractivity contribution in [2.45, 2.75) is 6.92 Å². The summed E-state index contributed by atoms with van der Waals surface area (Å²) in [7, 11) is 0. The van der Waals surface area contributed by atoms with Gasteiger partial charge >= 0.3 is 0 Å². The predicted molar refractivity (Wildman–Crippen MR) is 70.1 cm³/mol. The molecule has 3 rings (SSSR count). The van der Waals surface area contributed by atoms with E-state index < -0.39 is 0 Å². The van der Waals surface area contributed by atoms with Gasteiger partial charge in [0.25, 0.3) is 0 Å². The molecule has 0 aliphatic carbocycles. The first-order chi connectivity index (χ1) is 8.79. The van der Waals surface area contributed by atoms with Gasteiger partial charge in [-0.3, -0.25) is 4.40 Å². The smallest absolute Gasteiger partial charge is 0.166 e. The third-order valence-electron chi connectivity index (χ3n) is 2.96. The van der Waals surface area contributed by atoms with Gasteiger partial charge in [0, 0.05) is 11.8 Å². The van der Waals surface area contributed by atoms with Gasteiger partial charge in [-0.25, -0.2) is 4.98 Å². The molecule has 3 aromatic rings. The van der Waals surface area contributed by atoms with E-state index in [4.69, 9.17) is 5.26 Å². The van der Waals surface area contributed by atoms with Crippen molar-refractivity contribution in [3.05, 3.63) is 59.9 Å². The van der Waals surface area contributed by atoms with Crippen molar-refractivity contribution in [1.29, 1.82) is 5.26 Å². The summed E-state index contributed by atoms with van der Waals surface area (Å²) in [6, 6.07) is 16.0. The molecule has 3 nitrogen and oxygen atoms in total. The van der Waals surface area contributed by atoms with Crippen LogP contribution in [0.5, 0.6) is 0 Å². The predicted octanol–water partition coefficient (Wildman–Crippen LogP) is 3.18. The van der Waals surface area contributed by atoms with Crippen molar-refractivity contribution in [3.8, 4) is 17.5 Å². The second kappa shape index (κ2) is 4.01. The van der Waals surface area contributed by atoms with Gasteiger partial charge < -0.3 is 0 Å². The van der Waals surface area contributed by atoms with Crippen molar-refractivity contribution in [1.82, 2.24) is 9.38 Å². The standard InChI is InChI=1S/C15H11N3/c1-11-5-7-12(8-6-11)15-17-13(10-16)14-4-2-3-9-18(14)15/h2-9H,1H3. The van der Waals surface area contributed by atoms with Gasteiger partial charge in [0.2, 0.25) is 0 Å². The van der Waals surface area contributed by atoms with E-state index in [1.807, 2.05) is 60.0 Å². The van der Waals surface area contributed by atoms with Crippen LogP contribution in [0.4, 0.5) is 0 Å². The zero-order valence-corrected chi connectivity index (χ0v) is 9.96. The van der Waals surface area contributed by atoms with E-state index in [2.05, 4.69) is 11.1 Å². The maximum atomic E-state index is 9.11. The molecule has 1 aromatic carbocycles. The molecule has 2 aromatic heterocycles. The summed E-state index contributed by atoms with van der Waals surface area (Å²) in [5, 5.41) is 9.11.